The molecule has 0 aliphatic carbocycles. The Kier molecular flexibility index (Phi) is 4.30. The summed E-state index contributed by atoms with van der Waals surface area (Å²) in [5.41, 5.74) is 1.05. The third-order valence-corrected chi connectivity index (χ3v) is 3.55. The van der Waals surface area contributed by atoms with Crippen molar-refractivity contribution < 1.29 is 28.6 Å². The van der Waals surface area contributed by atoms with Gasteiger partial charge in [0.15, 0.2) is 5.78 Å². The van der Waals surface area contributed by atoms with E-state index in [0.29, 0.717) is 11.1 Å². The molecule has 0 radical (unpaired) electrons. The minimum absolute atomic E-state index is 0.0718. The van der Waals surface area contributed by atoms with Gasteiger partial charge < -0.3 is 14.2 Å². The number of esters is 2. The summed E-state index contributed by atoms with van der Waals surface area (Å²) in [5, 5.41) is 0. The van der Waals surface area contributed by atoms with Crippen LogP contribution in [0.4, 0.5) is 0 Å². The number of Topliss-reactive ketones (excluding diaryl/α,β-unsaturated/α-hetero) is 1. The maximum atomic E-state index is 12.0. The first kappa shape index (κ1) is 15.8. The predicted molar refractivity (Wildman–Crippen MR) is 76.5 cm³/mol. The lowest BCUT2D eigenvalue weighted by molar-refractivity contribution is -0.141. The van der Waals surface area contributed by atoms with Gasteiger partial charge in [-0.25, -0.2) is 9.59 Å². The van der Waals surface area contributed by atoms with Gasteiger partial charge in [-0.2, -0.15) is 0 Å². The molecule has 1 atom stereocenters. The van der Waals surface area contributed by atoms with Crippen LogP contribution in [0.3, 0.4) is 0 Å². The first-order valence-corrected chi connectivity index (χ1v) is 6.64. The third kappa shape index (κ3) is 2.47. The Labute approximate surface area is 127 Å². The largest absolute Gasteiger partial charge is 0.466 e. The summed E-state index contributed by atoms with van der Waals surface area (Å²) in [4.78, 5) is 35.7. The quantitative estimate of drug-likeness (QED) is 0.627. The second-order valence-corrected chi connectivity index (χ2v) is 4.83. The van der Waals surface area contributed by atoms with E-state index in [1.54, 1.807) is 25.1 Å². The number of ether oxygens (including phenoxy) is 3. The summed E-state index contributed by atoms with van der Waals surface area (Å²) in [6, 6.07) is 5.04. The van der Waals surface area contributed by atoms with E-state index < -0.39 is 17.9 Å². The van der Waals surface area contributed by atoms with Gasteiger partial charge in [0, 0.05) is 11.5 Å². The Hall–Kier alpha value is -2.63. The number of para-hydroxylation sites is 1. The van der Waals surface area contributed by atoms with E-state index in [-0.39, 0.29) is 22.9 Å². The Balaban J connectivity index is 2.67. The number of hydrogen-bond donors (Lipinski definition) is 0. The van der Waals surface area contributed by atoms with Crippen LogP contribution in [0.15, 0.2) is 29.5 Å². The van der Waals surface area contributed by atoms with Crippen LogP contribution >= 0.6 is 0 Å². The predicted octanol–water partition coefficient (Wildman–Crippen LogP) is 1.99. The van der Waals surface area contributed by atoms with Crippen LogP contribution < -0.4 is 4.74 Å². The van der Waals surface area contributed by atoms with Crippen molar-refractivity contribution in [2.75, 3.05) is 14.2 Å². The molecular weight excluding hydrogens is 288 g/mol. The lowest BCUT2D eigenvalue weighted by Crippen LogP contribution is -2.26. The molecule has 6 heteroatoms. The van der Waals surface area contributed by atoms with E-state index in [1.165, 1.54) is 21.1 Å². The number of rotatable bonds is 3. The summed E-state index contributed by atoms with van der Waals surface area (Å²) in [6.07, 6.45) is 0. The fourth-order valence-electron chi connectivity index (χ4n) is 2.42. The average molecular weight is 304 g/mol. The van der Waals surface area contributed by atoms with Crippen molar-refractivity contribution in [2.45, 2.75) is 19.8 Å². The topological polar surface area (TPSA) is 78.9 Å². The number of carbonyl (C=O) groups is 3. The van der Waals surface area contributed by atoms with Crippen molar-refractivity contribution in [3.63, 3.8) is 0 Å². The molecule has 1 heterocycles. The lowest BCUT2D eigenvalue weighted by atomic mass is 9.87. The SMILES string of the molecule is COC(=O)C1=C(C(=O)OC)C(C)c2cccc(C(C)=O)c2O1. The second-order valence-electron chi connectivity index (χ2n) is 4.83. The molecule has 0 fully saturated rings. The molecule has 6 nitrogen and oxygen atoms in total. The molecule has 0 bridgehead atoms. The first-order valence-electron chi connectivity index (χ1n) is 6.64. The molecule has 1 aliphatic rings. The minimum Gasteiger partial charge on any atom is -0.466 e. The van der Waals surface area contributed by atoms with E-state index in [1.807, 2.05) is 0 Å². The van der Waals surface area contributed by atoms with Gasteiger partial charge >= 0.3 is 11.9 Å². The van der Waals surface area contributed by atoms with Crippen LogP contribution in [0, 0.1) is 0 Å². The van der Waals surface area contributed by atoms with Crippen molar-refractivity contribution in [2.24, 2.45) is 0 Å². The minimum atomic E-state index is -0.795. The molecule has 116 valence electrons. The smallest absolute Gasteiger partial charge is 0.374 e. The van der Waals surface area contributed by atoms with Crippen LogP contribution in [-0.2, 0) is 19.1 Å². The number of hydrogen-bond acceptors (Lipinski definition) is 6. The average Bonchev–Trinajstić information content (AvgIpc) is 2.52. The third-order valence-electron chi connectivity index (χ3n) is 3.55. The van der Waals surface area contributed by atoms with Crippen molar-refractivity contribution in [1.29, 1.82) is 0 Å². The van der Waals surface area contributed by atoms with Gasteiger partial charge in [0.1, 0.15) is 5.75 Å². The van der Waals surface area contributed by atoms with E-state index in [0.717, 1.165) is 0 Å². The second kappa shape index (κ2) is 6.01. The highest BCUT2D eigenvalue weighted by atomic mass is 16.6. The van der Waals surface area contributed by atoms with Crippen LogP contribution in [0.25, 0.3) is 0 Å². The van der Waals surface area contributed by atoms with Gasteiger partial charge in [-0.1, -0.05) is 19.1 Å². The van der Waals surface area contributed by atoms with Gasteiger partial charge in [0.2, 0.25) is 5.76 Å². The fraction of sp³-hybridized carbons (Fsp3) is 0.312. The Bertz CT molecular complexity index is 686. The summed E-state index contributed by atoms with van der Waals surface area (Å²) < 4.78 is 15.0. The summed E-state index contributed by atoms with van der Waals surface area (Å²) in [5.74, 6) is -2.11. The first-order chi connectivity index (χ1) is 10.4. The molecule has 2 rings (SSSR count). The van der Waals surface area contributed by atoms with Crippen LogP contribution in [0.2, 0.25) is 0 Å². The zero-order valence-electron chi connectivity index (χ0n) is 12.8. The van der Waals surface area contributed by atoms with E-state index in [2.05, 4.69) is 4.74 Å². The highest BCUT2D eigenvalue weighted by molar-refractivity contribution is 6.03. The molecule has 1 aliphatic heterocycles. The molecule has 1 aromatic carbocycles. The summed E-state index contributed by atoms with van der Waals surface area (Å²) in [7, 11) is 2.41. The number of ketones is 1. The van der Waals surface area contributed by atoms with E-state index in [4.69, 9.17) is 9.47 Å². The molecule has 0 spiro atoms. The highest BCUT2D eigenvalue weighted by Crippen LogP contribution is 2.41. The van der Waals surface area contributed by atoms with Crippen molar-refractivity contribution in [1.82, 2.24) is 0 Å². The molecule has 0 saturated carbocycles. The summed E-state index contributed by atoms with van der Waals surface area (Å²) in [6.45, 7) is 3.14. The number of fused-ring (bicyclic) bond motifs is 1. The Morgan fingerprint density at radius 2 is 1.73 bits per heavy atom. The standard InChI is InChI=1S/C16H16O6/c1-8-10-6-5-7-11(9(2)17)13(10)22-14(16(19)21-4)12(8)15(18)20-3/h5-8H,1-4H3. The van der Waals surface area contributed by atoms with Crippen molar-refractivity contribution >= 4 is 17.7 Å². The van der Waals surface area contributed by atoms with Gasteiger partial charge in [-0.15, -0.1) is 0 Å². The Morgan fingerprint density at radius 3 is 2.27 bits per heavy atom. The van der Waals surface area contributed by atoms with Crippen molar-refractivity contribution in [3.8, 4) is 5.75 Å². The van der Waals surface area contributed by atoms with Crippen molar-refractivity contribution in [3.05, 3.63) is 40.7 Å². The molecule has 1 unspecified atom stereocenters. The normalized spacial score (nSPS) is 16.5. The van der Waals surface area contributed by atoms with Gasteiger partial charge in [-0.3, -0.25) is 4.79 Å². The van der Waals surface area contributed by atoms with Crippen LogP contribution in [0.1, 0.15) is 35.7 Å². The number of carbonyl (C=O) groups excluding carboxylic acids is 3. The molecule has 0 aromatic heterocycles. The van der Waals surface area contributed by atoms with Gasteiger partial charge in [-0.05, 0) is 13.0 Å². The van der Waals surface area contributed by atoms with E-state index in [9.17, 15) is 14.4 Å². The monoisotopic (exact) mass is 304 g/mol. The molecule has 0 N–H and O–H groups in total. The lowest BCUT2D eigenvalue weighted by Gasteiger charge is -2.27. The fourth-order valence-corrected chi connectivity index (χ4v) is 2.42. The summed E-state index contributed by atoms with van der Waals surface area (Å²) >= 11 is 0. The maximum Gasteiger partial charge on any atom is 0.374 e. The number of benzene rings is 1. The number of methoxy groups -OCH3 is 2. The molecule has 1 aromatic rings. The molecule has 0 amide bonds. The zero-order chi connectivity index (χ0) is 16.4. The van der Waals surface area contributed by atoms with Crippen LogP contribution in [0.5, 0.6) is 5.75 Å². The maximum absolute atomic E-state index is 12.0. The molecule has 0 saturated heterocycles. The molecular formula is C16H16O6. The van der Waals surface area contributed by atoms with Gasteiger partial charge in [0.05, 0.1) is 25.4 Å². The highest BCUT2D eigenvalue weighted by Gasteiger charge is 2.37. The van der Waals surface area contributed by atoms with Gasteiger partial charge in [0.25, 0.3) is 0 Å². The zero-order valence-corrected chi connectivity index (χ0v) is 12.8. The Morgan fingerprint density at radius 1 is 1.09 bits per heavy atom. The van der Waals surface area contributed by atoms with Crippen LogP contribution in [-0.4, -0.2) is 31.9 Å². The molecule has 22 heavy (non-hydrogen) atoms. The van der Waals surface area contributed by atoms with E-state index >= 15 is 0 Å².